The molecule has 1 aromatic heterocycles. The number of aromatic nitrogens is 2. The van der Waals surface area contributed by atoms with E-state index in [9.17, 15) is 4.79 Å². The van der Waals surface area contributed by atoms with Crippen LogP contribution in [-0.2, 0) is 11.8 Å². The van der Waals surface area contributed by atoms with Gasteiger partial charge in [-0.2, -0.15) is 0 Å². The quantitative estimate of drug-likeness (QED) is 0.756. The van der Waals surface area contributed by atoms with Crippen molar-refractivity contribution in [2.75, 3.05) is 13.2 Å². The van der Waals surface area contributed by atoms with Gasteiger partial charge in [0.2, 0.25) is 0 Å². The van der Waals surface area contributed by atoms with Gasteiger partial charge in [0.15, 0.2) is 5.82 Å². The van der Waals surface area contributed by atoms with Crippen LogP contribution in [0.5, 0.6) is 0 Å². The third-order valence-corrected chi connectivity index (χ3v) is 3.70. The largest absolute Gasteiger partial charge is 0.378 e. The standard InChI is InChI=1S/C14H24N4O2/c1-18-9-8-16-13(18)14(19)17-7-2-10-20-12-5-3-11(15)4-6-12/h8-9,11-12H,2-7,10,15H2,1H3,(H,17,19). The number of hydrogen-bond acceptors (Lipinski definition) is 4. The highest BCUT2D eigenvalue weighted by atomic mass is 16.5. The van der Waals surface area contributed by atoms with E-state index < -0.39 is 0 Å². The van der Waals surface area contributed by atoms with Crippen molar-refractivity contribution in [1.29, 1.82) is 0 Å². The van der Waals surface area contributed by atoms with Gasteiger partial charge in [-0.15, -0.1) is 0 Å². The summed E-state index contributed by atoms with van der Waals surface area (Å²) in [4.78, 5) is 15.8. The molecule has 0 atom stereocenters. The minimum absolute atomic E-state index is 0.138. The van der Waals surface area contributed by atoms with Gasteiger partial charge in [-0.25, -0.2) is 4.98 Å². The summed E-state index contributed by atoms with van der Waals surface area (Å²) in [7, 11) is 1.80. The fourth-order valence-corrected chi connectivity index (χ4v) is 2.44. The summed E-state index contributed by atoms with van der Waals surface area (Å²) in [6, 6.07) is 0.354. The summed E-state index contributed by atoms with van der Waals surface area (Å²) >= 11 is 0. The van der Waals surface area contributed by atoms with Crippen LogP contribution in [0.2, 0.25) is 0 Å². The van der Waals surface area contributed by atoms with E-state index in [4.69, 9.17) is 10.5 Å². The van der Waals surface area contributed by atoms with Gasteiger partial charge in [0.25, 0.3) is 5.91 Å². The van der Waals surface area contributed by atoms with Crippen LogP contribution in [0.1, 0.15) is 42.7 Å². The molecule has 112 valence electrons. The number of rotatable bonds is 6. The molecule has 1 fully saturated rings. The van der Waals surface area contributed by atoms with Gasteiger partial charge in [0.05, 0.1) is 6.10 Å². The molecule has 0 saturated heterocycles. The van der Waals surface area contributed by atoms with E-state index in [1.54, 1.807) is 24.0 Å². The van der Waals surface area contributed by atoms with Crippen molar-refractivity contribution in [3.05, 3.63) is 18.2 Å². The number of aryl methyl sites for hydroxylation is 1. The van der Waals surface area contributed by atoms with Crippen LogP contribution in [-0.4, -0.2) is 40.8 Å². The first kappa shape index (κ1) is 15.0. The summed E-state index contributed by atoms with van der Waals surface area (Å²) < 4.78 is 7.51. The lowest BCUT2D eigenvalue weighted by Gasteiger charge is -2.26. The Hall–Kier alpha value is -1.40. The van der Waals surface area contributed by atoms with Crippen LogP contribution in [0.25, 0.3) is 0 Å². The molecule has 1 aliphatic rings. The van der Waals surface area contributed by atoms with Crippen molar-refractivity contribution in [3.63, 3.8) is 0 Å². The smallest absolute Gasteiger partial charge is 0.287 e. The highest BCUT2D eigenvalue weighted by Gasteiger charge is 2.18. The van der Waals surface area contributed by atoms with Crippen LogP contribution >= 0.6 is 0 Å². The third-order valence-electron chi connectivity index (χ3n) is 3.70. The Bertz CT molecular complexity index is 425. The predicted octanol–water partition coefficient (Wildman–Crippen LogP) is 0.826. The van der Waals surface area contributed by atoms with Gasteiger partial charge in [-0.05, 0) is 32.1 Å². The average Bonchev–Trinajstić information content (AvgIpc) is 2.86. The summed E-state index contributed by atoms with van der Waals surface area (Å²) in [5.74, 6) is 0.299. The Morgan fingerprint density at radius 3 is 2.90 bits per heavy atom. The van der Waals surface area contributed by atoms with Crippen LogP contribution in [0.3, 0.4) is 0 Å². The average molecular weight is 280 g/mol. The van der Waals surface area contributed by atoms with Crippen LogP contribution in [0.4, 0.5) is 0 Å². The third kappa shape index (κ3) is 4.31. The number of nitrogens with zero attached hydrogens (tertiary/aromatic N) is 2. The topological polar surface area (TPSA) is 82.2 Å². The summed E-state index contributed by atoms with van der Waals surface area (Å²) in [5.41, 5.74) is 5.85. The van der Waals surface area contributed by atoms with E-state index in [1.807, 2.05) is 0 Å². The lowest BCUT2D eigenvalue weighted by atomic mass is 9.94. The normalized spacial score (nSPS) is 22.7. The van der Waals surface area contributed by atoms with Crippen molar-refractivity contribution < 1.29 is 9.53 Å². The Balaban J connectivity index is 1.56. The van der Waals surface area contributed by atoms with E-state index in [0.29, 0.717) is 31.1 Å². The molecule has 0 aliphatic heterocycles. The molecular weight excluding hydrogens is 256 g/mol. The lowest BCUT2D eigenvalue weighted by Crippen LogP contribution is -2.31. The molecule has 3 N–H and O–H groups in total. The molecule has 1 saturated carbocycles. The van der Waals surface area contributed by atoms with Crippen molar-refractivity contribution in [3.8, 4) is 0 Å². The van der Waals surface area contributed by atoms with Gasteiger partial charge < -0.3 is 20.4 Å². The number of amides is 1. The maximum Gasteiger partial charge on any atom is 0.287 e. The first-order valence-corrected chi connectivity index (χ1v) is 7.29. The molecule has 2 rings (SSSR count). The maximum absolute atomic E-state index is 11.8. The zero-order valence-electron chi connectivity index (χ0n) is 12.0. The lowest BCUT2D eigenvalue weighted by molar-refractivity contribution is 0.0241. The van der Waals surface area contributed by atoms with E-state index >= 15 is 0 Å². The number of carbonyl (C=O) groups is 1. The molecule has 20 heavy (non-hydrogen) atoms. The molecule has 0 radical (unpaired) electrons. The molecule has 0 bridgehead atoms. The Morgan fingerprint density at radius 1 is 1.50 bits per heavy atom. The van der Waals surface area contributed by atoms with E-state index in [0.717, 1.165) is 32.1 Å². The number of ether oxygens (including phenoxy) is 1. The van der Waals surface area contributed by atoms with E-state index in [1.165, 1.54) is 0 Å². The Kier molecular flexibility index (Phi) is 5.55. The molecular formula is C14H24N4O2. The highest BCUT2D eigenvalue weighted by Crippen LogP contribution is 2.19. The molecule has 0 aromatic carbocycles. The molecule has 1 heterocycles. The molecule has 6 heteroatoms. The second-order valence-electron chi connectivity index (χ2n) is 5.38. The minimum Gasteiger partial charge on any atom is -0.378 e. The zero-order chi connectivity index (χ0) is 14.4. The van der Waals surface area contributed by atoms with E-state index in [-0.39, 0.29) is 5.91 Å². The van der Waals surface area contributed by atoms with E-state index in [2.05, 4.69) is 10.3 Å². The van der Waals surface area contributed by atoms with Gasteiger partial charge in [-0.3, -0.25) is 4.79 Å². The first-order chi connectivity index (χ1) is 9.66. The SMILES string of the molecule is Cn1ccnc1C(=O)NCCCOC1CCC(N)CC1. The van der Waals surface area contributed by atoms with Crippen LogP contribution in [0, 0.1) is 0 Å². The molecule has 0 spiro atoms. The maximum atomic E-state index is 11.8. The number of nitrogens with two attached hydrogens (primary N) is 1. The second-order valence-corrected chi connectivity index (χ2v) is 5.38. The Morgan fingerprint density at radius 2 is 2.25 bits per heavy atom. The first-order valence-electron chi connectivity index (χ1n) is 7.29. The van der Waals surface area contributed by atoms with Gasteiger partial charge in [-0.1, -0.05) is 0 Å². The van der Waals surface area contributed by atoms with Gasteiger partial charge in [0.1, 0.15) is 0 Å². The summed E-state index contributed by atoms with van der Waals surface area (Å²) in [6.07, 6.45) is 8.76. The fourth-order valence-electron chi connectivity index (χ4n) is 2.44. The summed E-state index contributed by atoms with van der Waals surface area (Å²) in [5, 5.41) is 2.85. The van der Waals surface area contributed by atoms with Gasteiger partial charge >= 0.3 is 0 Å². The van der Waals surface area contributed by atoms with Crippen molar-refractivity contribution >= 4 is 5.91 Å². The molecule has 1 aliphatic carbocycles. The van der Waals surface area contributed by atoms with Crippen molar-refractivity contribution in [2.24, 2.45) is 12.8 Å². The summed E-state index contributed by atoms with van der Waals surface area (Å²) in [6.45, 7) is 1.29. The van der Waals surface area contributed by atoms with Crippen molar-refractivity contribution in [2.45, 2.75) is 44.2 Å². The van der Waals surface area contributed by atoms with Gasteiger partial charge in [0, 0.05) is 38.6 Å². The van der Waals surface area contributed by atoms with Crippen molar-refractivity contribution in [1.82, 2.24) is 14.9 Å². The molecule has 1 amide bonds. The minimum atomic E-state index is -0.138. The predicted molar refractivity (Wildman–Crippen MR) is 76.3 cm³/mol. The number of nitrogens with one attached hydrogen (secondary N) is 1. The monoisotopic (exact) mass is 280 g/mol. The number of imidazole rings is 1. The molecule has 6 nitrogen and oxygen atoms in total. The molecule has 1 aromatic rings. The number of carbonyl (C=O) groups excluding carboxylic acids is 1. The molecule has 0 unspecified atom stereocenters. The fraction of sp³-hybridized carbons (Fsp3) is 0.714. The highest BCUT2D eigenvalue weighted by molar-refractivity contribution is 5.90. The Labute approximate surface area is 119 Å². The van der Waals surface area contributed by atoms with Crippen LogP contribution < -0.4 is 11.1 Å². The zero-order valence-corrected chi connectivity index (χ0v) is 12.0. The second kappa shape index (κ2) is 7.40. The number of hydrogen-bond donors (Lipinski definition) is 2. The van der Waals surface area contributed by atoms with Crippen LogP contribution in [0.15, 0.2) is 12.4 Å².